The summed E-state index contributed by atoms with van der Waals surface area (Å²) in [4.78, 5) is 14.0. The van der Waals surface area contributed by atoms with E-state index in [-0.39, 0.29) is 6.03 Å². The zero-order chi connectivity index (χ0) is 15.8. The van der Waals surface area contributed by atoms with Gasteiger partial charge in [-0.05, 0) is 44.2 Å². The van der Waals surface area contributed by atoms with E-state index >= 15 is 0 Å². The third-order valence-electron chi connectivity index (χ3n) is 4.15. The van der Waals surface area contributed by atoms with Crippen LogP contribution in [0.15, 0.2) is 18.2 Å². The van der Waals surface area contributed by atoms with Gasteiger partial charge in [-0.25, -0.2) is 4.79 Å². The number of carbonyl (C=O) groups is 1. The van der Waals surface area contributed by atoms with Gasteiger partial charge in [0.1, 0.15) is 5.75 Å². The van der Waals surface area contributed by atoms with Gasteiger partial charge in [0, 0.05) is 19.6 Å². The van der Waals surface area contributed by atoms with Gasteiger partial charge in [0.2, 0.25) is 0 Å². The number of urea groups is 1. The zero-order valence-corrected chi connectivity index (χ0v) is 13.9. The molecule has 2 rings (SSSR count). The molecule has 0 saturated carbocycles. The standard InChI is InChI=1S/C18H28N2O2/c1-15-9-7-10-16(2)17(15)22-14-8-11-19-18(21)20-12-5-3-4-6-13-20/h7,9-10H,3-6,8,11-14H2,1-2H3,(H,19,21). The van der Waals surface area contributed by atoms with E-state index in [0.717, 1.165) is 49.2 Å². The number of likely N-dealkylation sites (tertiary alicyclic amines) is 1. The molecule has 4 nitrogen and oxygen atoms in total. The first kappa shape index (κ1) is 16.7. The normalized spacial score (nSPS) is 15.3. The molecule has 1 saturated heterocycles. The van der Waals surface area contributed by atoms with Crippen molar-refractivity contribution >= 4 is 6.03 Å². The highest BCUT2D eigenvalue weighted by atomic mass is 16.5. The Balaban J connectivity index is 1.65. The number of amides is 2. The highest BCUT2D eigenvalue weighted by Crippen LogP contribution is 2.22. The van der Waals surface area contributed by atoms with E-state index in [0.29, 0.717) is 13.2 Å². The molecule has 22 heavy (non-hydrogen) atoms. The summed E-state index contributed by atoms with van der Waals surface area (Å²) in [6.45, 7) is 7.20. The Morgan fingerprint density at radius 1 is 1.14 bits per heavy atom. The van der Waals surface area contributed by atoms with Gasteiger partial charge in [-0.15, -0.1) is 0 Å². The number of para-hydroxylation sites is 1. The van der Waals surface area contributed by atoms with Crippen molar-refractivity contribution in [1.29, 1.82) is 0 Å². The van der Waals surface area contributed by atoms with Crippen LogP contribution in [-0.2, 0) is 0 Å². The van der Waals surface area contributed by atoms with Gasteiger partial charge in [-0.3, -0.25) is 0 Å². The average molecular weight is 304 g/mol. The molecule has 0 bridgehead atoms. The molecule has 122 valence electrons. The maximum atomic E-state index is 12.1. The molecule has 1 aromatic carbocycles. The Morgan fingerprint density at radius 2 is 1.77 bits per heavy atom. The molecule has 0 aromatic heterocycles. The second-order valence-corrected chi connectivity index (χ2v) is 6.06. The summed E-state index contributed by atoms with van der Waals surface area (Å²) >= 11 is 0. The number of aryl methyl sites for hydroxylation is 2. The van der Waals surface area contributed by atoms with Crippen molar-refractivity contribution in [1.82, 2.24) is 10.2 Å². The summed E-state index contributed by atoms with van der Waals surface area (Å²) in [6, 6.07) is 6.24. The van der Waals surface area contributed by atoms with Crippen molar-refractivity contribution in [3.8, 4) is 5.75 Å². The van der Waals surface area contributed by atoms with Crippen molar-refractivity contribution in [3.05, 3.63) is 29.3 Å². The molecule has 1 aliphatic rings. The van der Waals surface area contributed by atoms with Crippen molar-refractivity contribution in [2.24, 2.45) is 0 Å². The van der Waals surface area contributed by atoms with Crippen LogP contribution in [0.3, 0.4) is 0 Å². The van der Waals surface area contributed by atoms with Crippen LogP contribution in [0, 0.1) is 13.8 Å². The molecular weight excluding hydrogens is 276 g/mol. The summed E-state index contributed by atoms with van der Waals surface area (Å²) in [5.74, 6) is 0.973. The van der Waals surface area contributed by atoms with Crippen LogP contribution in [0.1, 0.15) is 43.2 Å². The van der Waals surface area contributed by atoms with E-state index < -0.39 is 0 Å². The molecule has 1 N–H and O–H groups in total. The molecule has 1 fully saturated rings. The van der Waals surface area contributed by atoms with Gasteiger partial charge in [-0.1, -0.05) is 31.0 Å². The predicted octanol–water partition coefficient (Wildman–Crippen LogP) is 3.66. The average Bonchev–Trinajstić information content (AvgIpc) is 2.78. The SMILES string of the molecule is Cc1cccc(C)c1OCCCNC(=O)N1CCCCCC1. The molecule has 2 amide bonds. The van der Waals surface area contributed by atoms with Gasteiger partial charge in [0.15, 0.2) is 0 Å². The van der Waals surface area contributed by atoms with Crippen molar-refractivity contribution in [3.63, 3.8) is 0 Å². The summed E-state index contributed by atoms with van der Waals surface area (Å²) in [7, 11) is 0. The first-order valence-electron chi connectivity index (χ1n) is 8.40. The maximum Gasteiger partial charge on any atom is 0.317 e. The highest BCUT2D eigenvalue weighted by Gasteiger charge is 2.14. The third kappa shape index (κ3) is 4.93. The number of rotatable bonds is 5. The molecule has 0 radical (unpaired) electrons. The lowest BCUT2D eigenvalue weighted by atomic mass is 10.1. The van der Waals surface area contributed by atoms with Crippen LogP contribution < -0.4 is 10.1 Å². The molecule has 0 aliphatic carbocycles. The van der Waals surface area contributed by atoms with Crippen LogP contribution in [0.5, 0.6) is 5.75 Å². The fourth-order valence-electron chi connectivity index (χ4n) is 2.85. The van der Waals surface area contributed by atoms with E-state index in [1.165, 1.54) is 12.8 Å². The first-order chi connectivity index (χ1) is 10.7. The number of benzene rings is 1. The Hall–Kier alpha value is -1.71. The van der Waals surface area contributed by atoms with Crippen LogP contribution in [0.2, 0.25) is 0 Å². The number of ether oxygens (including phenoxy) is 1. The smallest absolute Gasteiger partial charge is 0.317 e. The van der Waals surface area contributed by atoms with Crippen molar-refractivity contribution in [2.45, 2.75) is 46.0 Å². The minimum Gasteiger partial charge on any atom is -0.493 e. The van der Waals surface area contributed by atoms with Crippen LogP contribution in [-0.4, -0.2) is 37.2 Å². The minimum absolute atomic E-state index is 0.0778. The zero-order valence-electron chi connectivity index (χ0n) is 13.9. The maximum absolute atomic E-state index is 12.1. The quantitative estimate of drug-likeness (QED) is 0.844. The molecule has 0 spiro atoms. The van der Waals surface area contributed by atoms with E-state index in [1.54, 1.807) is 0 Å². The van der Waals surface area contributed by atoms with Crippen LogP contribution in [0.4, 0.5) is 4.79 Å². The Morgan fingerprint density at radius 3 is 2.41 bits per heavy atom. The number of carbonyl (C=O) groups excluding carboxylic acids is 1. The summed E-state index contributed by atoms with van der Waals surface area (Å²) < 4.78 is 5.85. The topological polar surface area (TPSA) is 41.6 Å². The molecule has 1 aliphatic heterocycles. The number of nitrogens with one attached hydrogen (secondary N) is 1. The predicted molar refractivity (Wildman–Crippen MR) is 89.5 cm³/mol. The summed E-state index contributed by atoms with van der Waals surface area (Å²) in [6.07, 6.45) is 5.57. The van der Waals surface area contributed by atoms with Gasteiger partial charge in [0.05, 0.1) is 6.61 Å². The Labute approximate surface area is 133 Å². The molecule has 1 aromatic rings. The summed E-state index contributed by atoms with van der Waals surface area (Å²) in [5, 5.41) is 3.00. The molecule has 0 atom stereocenters. The van der Waals surface area contributed by atoms with Gasteiger partial charge in [0.25, 0.3) is 0 Å². The van der Waals surface area contributed by atoms with E-state index in [9.17, 15) is 4.79 Å². The molecular formula is C18H28N2O2. The summed E-state index contributed by atoms with van der Waals surface area (Å²) in [5.41, 5.74) is 2.32. The monoisotopic (exact) mass is 304 g/mol. The Bertz CT molecular complexity index is 460. The highest BCUT2D eigenvalue weighted by molar-refractivity contribution is 5.74. The second-order valence-electron chi connectivity index (χ2n) is 6.06. The van der Waals surface area contributed by atoms with E-state index in [1.807, 2.05) is 11.0 Å². The Kier molecular flexibility index (Phi) is 6.56. The number of hydrogen-bond donors (Lipinski definition) is 1. The van der Waals surface area contributed by atoms with Crippen molar-refractivity contribution < 1.29 is 9.53 Å². The van der Waals surface area contributed by atoms with Gasteiger partial charge < -0.3 is 15.0 Å². The van der Waals surface area contributed by atoms with Crippen molar-refractivity contribution in [2.75, 3.05) is 26.2 Å². The fourth-order valence-corrected chi connectivity index (χ4v) is 2.85. The minimum atomic E-state index is 0.0778. The molecule has 4 heteroatoms. The van der Waals surface area contributed by atoms with Crippen LogP contribution in [0.25, 0.3) is 0 Å². The van der Waals surface area contributed by atoms with Gasteiger partial charge >= 0.3 is 6.03 Å². The lowest BCUT2D eigenvalue weighted by molar-refractivity contribution is 0.198. The second kappa shape index (κ2) is 8.66. The van der Waals surface area contributed by atoms with E-state index in [2.05, 4.69) is 31.3 Å². The third-order valence-corrected chi connectivity index (χ3v) is 4.15. The number of nitrogens with zero attached hydrogens (tertiary/aromatic N) is 1. The molecule has 1 heterocycles. The largest absolute Gasteiger partial charge is 0.493 e. The lowest BCUT2D eigenvalue weighted by Gasteiger charge is -2.20. The first-order valence-corrected chi connectivity index (χ1v) is 8.40. The van der Waals surface area contributed by atoms with E-state index in [4.69, 9.17) is 4.74 Å². The fraction of sp³-hybridized carbons (Fsp3) is 0.611. The number of hydrogen-bond acceptors (Lipinski definition) is 2. The van der Waals surface area contributed by atoms with Gasteiger partial charge in [-0.2, -0.15) is 0 Å². The molecule has 0 unspecified atom stereocenters. The lowest BCUT2D eigenvalue weighted by Crippen LogP contribution is -2.41. The van der Waals surface area contributed by atoms with Crippen LogP contribution >= 0.6 is 0 Å².